The van der Waals surface area contributed by atoms with Crippen LogP contribution < -0.4 is 0 Å². The fourth-order valence-electron chi connectivity index (χ4n) is 3.57. The molecule has 6 heteroatoms. The molecule has 2 aliphatic heterocycles. The lowest BCUT2D eigenvalue weighted by Crippen LogP contribution is -2.48. The Labute approximate surface area is 129 Å². The second-order valence-corrected chi connectivity index (χ2v) is 6.21. The maximum Gasteiger partial charge on any atom is 0.257 e. The van der Waals surface area contributed by atoms with Crippen molar-refractivity contribution in [1.29, 1.82) is 0 Å². The first-order chi connectivity index (χ1) is 10.6. The van der Waals surface area contributed by atoms with Gasteiger partial charge < -0.3 is 9.64 Å². The van der Waals surface area contributed by atoms with E-state index in [0.29, 0.717) is 18.2 Å². The van der Waals surface area contributed by atoms with Crippen LogP contribution in [0.15, 0.2) is 24.5 Å². The van der Waals surface area contributed by atoms with Gasteiger partial charge in [0.05, 0.1) is 36.0 Å². The first kappa shape index (κ1) is 13.7. The number of nitrogens with zero attached hydrogens (tertiary/aromatic N) is 4. The molecule has 0 bridgehead atoms. The number of fused-ring (bicyclic) bond motifs is 2. The van der Waals surface area contributed by atoms with Crippen molar-refractivity contribution in [2.24, 2.45) is 0 Å². The van der Waals surface area contributed by atoms with Gasteiger partial charge in [0.25, 0.3) is 5.91 Å². The third-order valence-corrected chi connectivity index (χ3v) is 4.84. The molecule has 0 spiro atoms. The number of pyridine rings is 1. The second-order valence-electron chi connectivity index (χ2n) is 6.21. The third-order valence-electron chi connectivity index (χ3n) is 4.84. The van der Waals surface area contributed by atoms with E-state index >= 15 is 0 Å². The summed E-state index contributed by atoms with van der Waals surface area (Å²) in [5.41, 5.74) is 2.64. The van der Waals surface area contributed by atoms with E-state index in [0.717, 1.165) is 30.8 Å². The maximum absolute atomic E-state index is 12.9. The fourth-order valence-corrected chi connectivity index (χ4v) is 3.57. The largest absolute Gasteiger partial charge is 0.373 e. The zero-order valence-electron chi connectivity index (χ0n) is 12.9. The maximum atomic E-state index is 12.9. The minimum absolute atomic E-state index is 0.0516. The predicted octanol–water partition coefficient (Wildman–Crippen LogP) is 0.798. The van der Waals surface area contributed by atoms with Gasteiger partial charge in [-0.25, -0.2) is 4.52 Å². The Kier molecular flexibility index (Phi) is 3.16. The summed E-state index contributed by atoms with van der Waals surface area (Å²) in [6, 6.07) is 4.26. The van der Waals surface area contributed by atoms with Crippen LogP contribution in [0.25, 0.3) is 5.52 Å². The molecule has 4 heterocycles. The molecule has 0 aromatic carbocycles. The summed E-state index contributed by atoms with van der Waals surface area (Å²) >= 11 is 0. The van der Waals surface area contributed by atoms with Gasteiger partial charge in [-0.2, -0.15) is 5.10 Å². The number of aromatic nitrogens is 2. The second kappa shape index (κ2) is 5.07. The molecule has 2 saturated heterocycles. The first-order valence-corrected chi connectivity index (χ1v) is 7.69. The highest BCUT2D eigenvalue weighted by Gasteiger charge is 2.41. The van der Waals surface area contributed by atoms with Gasteiger partial charge in [0.15, 0.2) is 0 Å². The minimum Gasteiger partial charge on any atom is -0.373 e. The normalized spacial score (nSPS) is 25.6. The molecule has 2 atom stereocenters. The monoisotopic (exact) mass is 300 g/mol. The van der Waals surface area contributed by atoms with E-state index in [1.165, 1.54) is 0 Å². The molecule has 0 radical (unpaired) electrons. The summed E-state index contributed by atoms with van der Waals surface area (Å²) in [6.07, 6.45) is 3.68. The molecule has 1 amide bonds. The number of carbonyl (C=O) groups excluding carboxylic acids is 1. The SMILES string of the molecule is Cc1cccn2ncc(C(=O)N3C[C@@H]4OCCN(C)[C@H]4C3)c12. The molecule has 0 aliphatic carbocycles. The Morgan fingerprint density at radius 1 is 1.41 bits per heavy atom. The van der Waals surface area contributed by atoms with Crippen molar-refractivity contribution in [3.63, 3.8) is 0 Å². The lowest BCUT2D eigenvalue weighted by atomic mass is 10.1. The van der Waals surface area contributed by atoms with Crippen LogP contribution >= 0.6 is 0 Å². The first-order valence-electron chi connectivity index (χ1n) is 7.69. The number of morpholine rings is 1. The van der Waals surface area contributed by atoms with Gasteiger partial charge >= 0.3 is 0 Å². The Balaban J connectivity index is 1.64. The molecule has 0 saturated carbocycles. The molecule has 2 aromatic heterocycles. The van der Waals surface area contributed by atoms with Gasteiger partial charge in [-0.3, -0.25) is 9.69 Å². The molecule has 2 aromatic rings. The molecule has 6 nitrogen and oxygen atoms in total. The zero-order valence-corrected chi connectivity index (χ0v) is 12.9. The molecule has 22 heavy (non-hydrogen) atoms. The highest BCUT2D eigenvalue weighted by atomic mass is 16.5. The van der Waals surface area contributed by atoms with E-state index in [-0.39, 0.29) is 12.0 Å². The quantitative estimate of drug-likeness (QED) is 0.781. The number of ether oxygens (including phenoxy) is 1. The summed E-state index contributed by atoms with van der Waals surface area (Å²) in [5.74, 6) is 0.0516. The van der Waals surface area contributed by atoms with Crippen molar-refractivity contribution in [3.8, 4) is 0 Å². The van der Waals surface area contributed by atoms with Gasteiger partial charge in [-0.15, -0.1) is 0 Å². The Hall–Kier alpha value is -1.92. The number of amides is 1. The summed E-state index contributed by atoms with van der Waals surface area (Å²) in [7, 11) is 2.10. The van der Waals surface area contributed by atoms with Gasteiger partial charge in [-0.1, -0.05) is 6.07 Å². The van der Waals surface area contributed by atoms with E-state index in [1.54, 1.807) is 10.7 Å². The topological polar surface area (TPSA) is 50.1 Å². The minimum atomic E-state index is 0.0516. The Morgan fingerprint density at radius 3 is 3.09 bits per heavy atom. The van der Waals surface area contributed by atoms with Gasteiger partial charge in [0.1, 0.15) is 0 Å². The van der Waals surface area contributed by atoms with Crippen molar-refractivity contribution in [2.75, 3.05) is 33.3 Å². The lowest BCUT2D eigenvalue weighted by molar-refractivity contribution is -0.0368. The van der Waals surface area contributed by atoms with Crippen LogP contribution in [0.3, 0.4) is 0 Å². The summed E-state index contributed by atoms with van der Waals surface area (Å²) in [6.45, 7) is 5.07. The summed E-state index contributed by atoms with van der Waals surface area (Å²) < 4.78 is 7.60. The molecule has 116 valence electrons. The van der Waals surface area contributed by atoms with E-state index in [2.05, 4.69) is 17.0 Å². The van der Waals surface area contributed by atoms with Gasteiger partial charge in [0.2, 0.25) is 0 Å². The Morgan fingerprint density at radius 2 is 2.27 bits per heavy atom. The van der Waals surface area contributed by atoms with Crippen molar-refractivity contribution in [3.05, 3.63) is 35.7 Å². The summed E-state index contributed by atoms with van der Waals surface area (Å²) in [4.78, 5) is 17.1. The van der Waals surface area contributed by atoms with Gasteiger partial charge in [0, 0.05) is 25.8 Å². The van der Waals surface area contributed by atoms with Crippen LogP contribution in [0.1, 0.15) is 15.9 Å². The predicted molar refractivity (Wildman–Crippen MR) is 82.0 cm³/mol. The van der Waals surface area contributed by atoms with Crippen LogP contribution in [0, 0.1) is 6.92 Å². The van der Waals surface area contributed by atoms with Crippen LogP contribution in [0.4, 0.5) is 0 Å². The highest BCUT2D eigenvalue weighted by Crippen LogP contribution is 2.25. The van der Waals surface area contributed by atoms with Crippen molar-refractivity contribution in [1.82, 2.24) is 19.4 Å². The van der Waals surface area contributed by atoms with Crippen LogP contribution in [0.5, 0.6) is 0 Å². The average molecular weight is 300 g/mol. The molecular formula is C16H20N4O2. The van der Waals surface area contributed by atoms with Crippen molar-refractivity contribution < 1.29 is 9.53 Å². The van der Waals surface area contributed by atoms with Crippen LogP contribution in [-0.2, 0) is 4.74 Å². The average Bonchev–Trinajstić information content (AvgIpc) is 3.12. The van der Waals surface area contributed by atoms with Crippen LogP contribution in [-0.4, -0.2) is 70.8 Å². The number of likely N-dealkylation sites (tertiary alicyclic amines) is 1. The number of rotatable bonds is 1. The third kappa shape index (κ3) is 2.02. The van der Waals surface area contributed by atoms with E-state index < -0.39 is 0 Å². The summed E-state index contributed by atoms with van der Waals surface area (Å²) in [5, 5.41) is 4.31. The zero-order chi connectivity index (χ0) is 15.3. The van der Waals surface area contributed by atoms with E-state index in [1.807, 2.05) is 30.2 Å². The van der Waals surface area contributed by atoms with E-state index in [4.69, 9.17) is 4.74 Å². The molecule has 2 aliphatic rings. The molecule has 0 unspecified atom stereocenters. The van der Waals surface area contributed by atoms with Crippen molar-refractivity contribution in [2.45, 2.75) is 19.1 Å². The molecule has 4 rings (SSSR count). The number of hydrogen-bond acceptors (Lipinski definition) is 4. The van der Waals surface area contributed by atoms with Crippen LogP contribution in [0.2, 0.25) is 0 Å². The highest BCUT2D eigenvalue weighted by molar-refractivity contribution is 6.01. The Bertz CT molecular complexity index is 726. The lowest BCUT2D eigenvalue weighted by Gasteiger charge is -2.33. The van der Waals surface area contributed by atoms with Gasteiger partial charge in [-0.05, 0) is 25.6 Å². The number of likely N-dealkylation sites (N-methyl/N-ethyl adjacent to an activating group) is 1. The fraction of sp³-hybridized carbons (Fsp3) is 0.500. The van der Waals surface area contributed by atoms with Crippen molar-refractivity contribution >= 4 is 11.4 Å². The smallest absolute Gasteiger partial charge is 0.257 e. The van der Waals surface area contributed by atoms with E-state index in [9.17, 15) is 4.79 Å². The number of carbonyl (C=O) groups is 1. The molecular weight excluding hydrogens is 280 g/mol. The molecule has 2 fully saturated rings. The number of hydrogen-bond donors (Lipinski definition) is 0. The molecule has 0 N–H and O–H groups in total. The number of aryl methyl sites for hydroxylation is 1. The standard InChI is InChI=1S/C16H20N4O2/c1-11-4-3-5-20-15(11)12(8-17-20)16(21)19-9-13-14(10-19)22-7-6-18(13)2/h3-5,8,13-14H,6-7,9-10H2,1-2H3/t13-,14-/m0/s1.